The van der Waals surface area contributed by atoms with Crippen molar-refractivity contribution in [3.63, 3.8) is 0 Å². The van der Waals surface area contributed by atoms with Crippen LogP contribution >= 0.6 is 0 Å². The van der Waals surface area contributed by atoms with E-state index in [1.807, 2.05) is 48.5 Å². The van der Waals surface area contributed by atoms with Crippen LogP contribution in [0.1, 0.15) is 50.7 Å². The monoisotopic (exact) mass is 438 g/mol. The molecule has 32 heavy (non-hydrogen) atoms. The highest BCUT2D eigenvalue weighted by atomic mass is 16.5. The zero-order chi connectivity index (χ0) is 22.8. The molecule has 1 aliphatic carbocycles. The third-order valence-electron chi connectivity index (χ3n) is 5.86. The summed E-state index contributed by atoms with van der Waals surface area (Å²) in [4.78, 5) is 24.9. The van der Waals surface area contributed by atoms with E-state index in [1.54, 1.807) is 0 Å². The summed E-state index contributed by atoms with van der Waals surface area (Å²) < 4.78 is 11.2. The van der Waals surface area contributed by atoms with Crippen molar-refractivity contribution >= 4 is 11.8 Å². The number of hydrogen-bond donors (Lipinski definition) is 2. The predicted molar refractivity (Wildman–Crippen MR) is 125 cm³/mol. The fourth-order valence-corrected chi connectivity index (χ4v) is 3.91. The molecule has 2 amide bonds. The number of aryl methyl sites for hydroxylation is 2. The van der Waals surface area contributed by atoms with Gasteiger partial charge in [-0.1, -0.05) is 51.0 Å². The molecule has 2 unspecified atom stereocenters. The summed E-state index contributed by atoms with van der Waals surface area (Å²) in [5.41, 5.74) is 2.45. The van der Waals surface area contributed by atoms with Crippen LogP contribution in [0.25, 0.3) is 0 Å². The van der Waals surface area contributed by atoms with Crippen molar-refractivity contribution in [2.45, 2.75) is 64.5 Å². The SMILES string of the molecule is CCc1ccc(OCC(=O)NC2CCCCC2NC(=O)COc2ccc(CC)cc2)cc1. The largest absolute Gasteiger partial charge is 0.484 e. The quantitative estimate of drug-likeness (QED) is 0.591. The Morgan fingerprint density at radius 3 is 1.44 bits per heavy atom. The van der Waals surface area contributed by atoms with E-state index in [0.717, 1.165) is 38.5 Å². The van der Waals surface area contributed by atoms with Gasteiger partial charge < -0.3 is 20.1 Å². The highest BCUT2D eigenvalue weighted by Gasteiger charge is 2.28. The second kappa shape index (κ2) is 12.1. The van der Waals surface area contributed by atoms with Crippen LogP contribution in [0, 0.1) is 0 Å². The molecule has 0 radical (unpaired) electrons. The van der Waals surface area contributed by atoms with Crippen molar-refractivity contribution in [2.75, 3.05) is 13.2 Å². The van der Waals surface area contributed by atoms with Gasteiger partial charge in [0.15, 0.2) is 13.2 Å². The van der Waals surface area contributed by atoms with Crippen LogP contribution < -0.4 is 20.1 Å². The second-order valence-corrected chi connectivity index (χ2v) is 8.20. The topological polar surface area (TPSA) is 76.7 Å². The van der Waals surface area contributed by atoms with Crippen LogP contribution in [-0.4, -0.2) is 37.1 Å². The fourth-order valence-electron chi connectivity index (χ4n) is 3.91. The van der Waals surface area contributed by atoms with Crippen molar-refractivity contribution in [1.82, 2.24) is 10.6 Å². The Bertz CT molecular complexity index is 791. The Balaban J connectivity index is 1.44. The van der Waals surface area contributed by atoms with Crippen LogP contribution in [0.4, 0.5) is 0 Å². The minimum absolute atomic E-state index is 0.0422. The molecule has 2 aromatic carbocycles. The first-order valence-corrected chi connectivity index (χ1v) is 11.6. The lowest BCUT2D eigenvalue weighted by molar-refractivity contribution is -0.127. The molecule has 0 heterocycles. The molecule has 0 bridgehead atoms. The van der Waals surface area contributed by atoms with Crippen LogP contribution in [0.2, 0.25) is 0 Å². The molecule has 1 fully saturated rings. The molecule has 1 aliphatic rings. The third kappa shape index (κ3) is 7.29. The first-order valence-electron chi connectivity index (χ1n) is 11.6. The van der Waals surface area contributed by atoms with Crippen molar-refractivity contribution in [1.29, 1.82) is 0 Å². The third-order valence-corrected chi connectivity index (χ3v) is 5.86. The van der Waals surface area contributed by atoms with E-state index in [-0.39, 0.29) is 37.1 Å². The van der Waals surface area contributed by atoms with Crippen molar-refractivity contribution in [3.05, 3.63) is 59.7 Å². The van der Waals surface area contributed by atoms with Gasteiger partial charge in [0.1, 0.15) is 11.5 Å². The lowest BCUT2D eigenvalue weighted by Crippen LogP contribution is -2.54. The molecule has 0 aliphatic heterocycles. The number of ether oxygens (including phenoxy) is 2. The van der Waals surface area contributed by atoms with Gasteiger partial charge in [0.25, 0.3) is 11.8 Å². The Morgan fingerprint density at radius 1 is 0.719 bits per heavy atom. The average Bonchev–Trinajstić information content (AvgIpc) is 2.83. The summed E-state index contributed by atoms with van der Waals surface area (Å²) >= 11 is 0. The Morgan fingerprint density at radius 2 is 1.09 bits per heavy atom. The second-order valence-electron chi connectivity index (χ2n) is 8.20. The summed E-state index contributed by atoms with van der Waals surface area (Å²) in [6.45, 7) is 4.11. The van der Waals surface area contributed by atoms with Gasteiger partial charge in [0, 0.05) is 12.1 Å². The van der Waals surface area contributed by atoms with Crippen molar-refractivity contribution in [2.24, 2.45) is 0 Å². The Hall–Kier alpha value is -3.02. The lowest BCUT2D eigenvalue weighted by atomic mass is 9.90. The number of nitrogens with one attached hydrogen (secondary N) is 2. The zero-order valence-corrected chi connectivity index (χ0v) is 19.1. The molecule has 3 rings (SSSR count). The summed E-state index contributed by atoms with van der Waals surface area (Å²) in [7, 11) is 0. The molecule has 0 aromatic heterocycles. The number of benzene rings is 2. The summed E-state index contributed by atoms with van der Waals surface area (Å²) in [6, 6.07) is 15.3. The first kappa shape index (κ1) is 23.6. The molecule has 6 heteroatoms. The maximum Gasteiger partial charge on any atom is 0.258 e. The van der Waals surface area contributed by atoms with Gasteiger partial charge in [0.2, 0.25) is 0 Å². The molecular weight excluding hydrogens is 404 g/mol. The van der Waals surface area contributed by atoms with E-state index in [1.165, 1.54) is 11.1 Å². The molecule has 172 valence electrons. The zero-order valence-electron chi connectivity index (χ0n) is 19.1. The van der Waals surface area contributed by atoms with E-state index >= 15 is 0 Å². The molecule has 2 N–H and O–H groups in total. The molecule has 0 saturated heterocycles. The van der Waals surface area contributed by atoms with E-state index in [2.05, 4.69) is 24.5 Å². The predicted octanol–water partition coefficient (Wildman–Crippen LogP) is 3.81. The van der Waals surface area contributed by atoms with Crippen LogP contribution in [0.3, 0.4) is 0 Å². The number of carbonyl (C=O) groups excluding carboxylic acids is 2. The minimum Gasteiger partial charge on any atom is -0.484 e. The average molecular weight is 439 g/mol. The number of amides is 2. The molecule has 1 saturated carbocycles. The first-order chi connectivity index (χ1) is 15.6. The maximum absolute atomic E-state index is 12.4. The summed E-state index contributed by atoms with van der Waals surface area (Å²) in [5, 5.41) is 6.07. The molecule has 0 spiro atoms. The van der Waals surface area contributed by atoms with Gasteiger partial charge in [-0.15, -0.1) is 0 Å². The van der Waals surface area contributed by atoms with E-state index in [4.69, 9.17) is 9.47 Å². The Kier molecular flexibility index (Phi) is 8.96. The molecular formula is C26H34N2O4. The highest BCUT2D eigenvalue weighted by molar-refractivity contribution is 5.79. The standard InChI is InChI=1S/C26H34N2O4/c1-3-19-9-13-21(14-10-19)31-17-25(29)27-23-7-5-6-8-24(23)28-26(30)18-32-22-15-11-20(4-2)12-16-22/h9-16,23-24H,3-8,17-18H2,1-2H3,(H,27,29)(H,28,30). The minimum atomic E-state index is -0.178. The van der Waals surface area contributed by atoms with Gasteiger partial charge in [-0.2, -0.15) is 0 Å². The summed E-state index contributed by atoms with van der Waals surface area (Å²) in [6.07, 6.45) is 5.65. The lowest BCUT2D eigenvalue weighted by Gasteiger charge is -2.32. The van der Waals surface area contributed by atoms with E-state index in [9.17, 15) is 9.59 Å². The molecule has 2 atom stereocenters. The maximum atomic E-state index is 12.4. The normalized spacial score (nSPS) is 17.9. The van der Waals surface area contributed by atoms with Crippen molar-refractivity contribution in [3.8, 4) is 11.5 Å². The number of carbonyl (C=O) groups is 2. The molecule has 2 aromatic rings. The van der Waals surface area contributed by atoms with Gasteiger partial charge in [0.05, 0.1) is 0 Å². The Labute approximate surface area is 190 Å². The van der Waals surface area contributed by atoms with Crippen LogP contribution in [-0.2, 0) is 22.4 Å². The highest BCUT2D eigenvalue weighted by Crippen LogP contribution is 2.19. The summed E-state index contributed by atoms with van der Waals surface area (Å²) in [5.74, 6) is 0.996. The van der Waals surface area contributed by atoms with Crippen LogP contribution in [0.5, 0.6) is 11.5 Å². The van der Waals surface area contributed by atoms with Gasteiger partial charge in [-0.05, 0) is 61.1 Å². The van der Waals surface area contributed by atoms with Gasteiger partial charge >= 0.3 is 0 Å². The van der Waals surface area contributed by atoms with Gasteiger partial charge in [-0.3, -0.25) is 9.59 Å². The fraction of sp³-hybridized carbons (Fsp3) is 0.462. The van der Waals surface area contributed by atoms with E-state index < -0.39 is 0 Å². The van der Waals surface area contributed by atoms with Gasteiger partial charge in [-0.25, -0.2) is 0 Å². The van der Waals surface area contributed by atoms with Crippen molar-refractivity contribution < 1.29 is 19.1 Å². The van der Waals surface area contributed by atoms with E-state index in [0.29, 0.717) is 11.5 Å². The number of rotatable bonds is 10. The smallest absolute Gasteiger partial charge is 0.258 e. The molecule has 6 nitrogen and oxygen atoms in total. The number of hydrogen-bond acceptors (Lipinski definition) is 4. The van der Waals surface area contributed by atoms with Crippen LogP contribution in [0.15, 0.2) is 48.5 Å².